The average molecular weight is 422 g/mol. The molecule has 0 radical (unpaired) electrons. The highest BCUT2D eigenvalue weighted by Crippen LogP contribution is 2.24. The van der Waals surface area contributed by atoms with Gasteiger partial charge in [0.1, 0.15) is 11.6 Å². The zero-order chi connectivity index (χ0) is 21.3. The summed E-state index contributed by atoms with van der Waals surface area (Å²) in [5.41, 5.74) is 4.67. The molecule has 4 aromatic rings. The molecule has 0 spiro atoms. The van der Waals surface area contributed by atoms with Gasteiger partial charge in [-0.05, 0) is 49.7 Å². The number of hydrogen-bond donors (Lipinski definition) is 1. The fourth-order valence-electron chi connectivity index (χ4n) is 3.60. The molecule has 0 atom stereocenters. The first-order valence-electron chi connectivity index (χ1n) is 9.66. The number of aromatic nitrogens is 2. The third-order valence-electron chi connectivity index (χ3n) is 5.15. The van der Waals surface area contributed by atoms with Crippen LogP contribution < -0.4 is 5.32 Å². The highest BCUT2D eigenvalue weighted by molar-refractivity contribution is 6.31. The number of nitrogens with one attached hydrogen (secondary N) is 1. The van der Waals surface area contributed by atoms with Crippen molar-refractivity contribution in [3.63, 3.8) is 0 Å². The normalized spacial score (nSPS) is 11.1. The van der Waals surface area contributed by atoms with E-state index < -0.39 is 0 Å². The van der Waals surface area contributed by atoms with E-state index in [9.17, 15) is 9.18 Å². The largest absolute Gasteiger partial charge is 0.345 e. The Kier molecular flexibility index (Phi) is 5.55. The van der Waals surface area contributed by atoms with E-state index in [0.29, 0.717) is 22.0 Å². The van der Waals surface area contributed by atoms with Crippen LogP contribution in [0.3, 0.4) is 0 Å². The highest BCUT2D eigenvalue weighted by Gasteiger charge is 2.16. The molecule has 0 aliphatic rings. The monoisotopic (exact) mass is 421 g/mol. The van der Waals surface area contributed by atoms with Gasteiger partial charge in [0, 0.05) is 16.1 Å². The summed E-state index contributed by atoms with van der Waals surface area (Å²) in [5, 5.41) is 3.30. The lowest BCUT2D eigenvalue weighted by Crippen LogP contribution is -2.25. The minimum absolute atomic E-state index is 0.171. The number of para-hydroxylation sites is 2. The first-order valence-corrected chi connectivity index (χ1v) is 10.0. The van der Waals surface area contributed by atoms with E-state index in [1.807, 2.05) is 60.9 Å². The van der Waals surface area contributed by atoms with E-state index in [1.165, 1.54) is 6.07 Å². The predicted molar refractivity (Wildman–Crippen MR) is 117 cm³/mol. The number of hydrogen-bond acceptors (Lipinski definition) is 2. The summed E-state index contributed by atoms with van der Waals surface area (Å²) in [7, 11) is 0. The van der Waals surface area contributed by atoms with Gasteiger partial charge in [0.05, 0.1) is 24.1 Å². The predicted octanol–water partition coefficient (Wildman–Crippen LogP) is 5.42. The summed E-state index contributed by atoms with van der Waals surface area (Å²) >= 11 is 6.24. The number of rotatable bonds is 5. The fraction of sp³-hybridized carbons (Fsp3) is 0.167. The fourth-order valence-corrected chi connectivity index (χ4v) is 3.82. The van der Waals surface area contributed by atoms with Crippen LogP contribution in [0.5, 0.6) is 0 Å². The third-order valence-corrected chi connectivity index (χ3v) is 5.50. The molecule has 30 heavy (non-hydrogen) atoms. The molecule has 152 valence electrons. The number of fused-ring (bicyclic) bond motifs is 1. The molecule has 6 heteroatoms. The van der Waals surface area contributed by atoms with Gasteiger partial charge in [0.25, 0.3) is 5.91 Å². The van der Waals surface area contributed by atoms with Crippen LogP contribution in [-0.4, -0.2) is 15.5 Å². The van der Waals surface area contributed by atoms with E-state index in [-0.39, 0.29) is 24.8 Å². The number of benzene rings is 3. The van der Waals surface area contributed by atoms with E-state index in [0.717, 1.165) is 22.2 Å². The first-order chi connectivity index (χ1) is 14.4. The van der Waals surface area contributed by atoms with Gasteiger partial charge in [-0.25, -0.2) is 9.37 Å². The molecular formula is C24H21ClFN3O. The summed E-state index contributed by atoms with van der Waals surface area (Å²) in [4.78, 5) is 17.4. The zero-order valence-electron chi connectivity index (χ0n) is 16.7. The molecule has 1 heterocycles. The molecule has 0 aliphatic carbocycles. The van der Waals surface area contributed by atoms with Crippen molar-refractivity contribution < 1.29 is 9.18 Å². The molecule has 4 rings (SSSR count). The van der Waals surface area contributed by atoms with Gasteiger partial charge in [-0.2, -0.15) is 0 Å². The molecule has 0 saturated heterocycles. The molecular weight excluding hydrogens is 401 g/mol. The Morgan fingerprint density at radius 2 is 1.90 bits per heavy atom. The van der Waals surface area contributed by atoms with Crippen LogP contribution in [0.25, 0.3) is 11.0 Å². The second-order valence-electron chi connectivity index (χ2n) is 7.30. The van der Waals surface area contributed by atoms with Crippen molar-refractivity contribution in [3.05, 3.63) is 99.6 Å². The number of carbonyl (C=O) groups excluding carboxylic acids is 1. The SMILES string of the molecule is Cc1ccc(C(=O)NCc2nc3ccccc3n2Cc2c(F)cccc2Cl)c(C)c1. The number of nitrogens with zero attached hydrogens (tertiary/aromatic N) is 2. The van der Waals surface area contributed by atoms with Crippen molar-refractivity contribution in [1.82, 2.24) is 14.9 Å². The van der Waals surface area contributed by atoms with Crippen molar-refractivity contribution in [2.24, 2.45) is 0 Å². The van der Waals surface area contributed by atoms with Crippen LogP contribution in [0.1, 0.15) is 32.9 Å². The second-order valence-corrected chi connectivity index (χ2v) is 7.71. The smallest absolute Gasteiger partial charge is 0.251 e. The molecule has 0 fully saturated rings. The third kappa shape index (κ3) is 3.94. The highest BCUT2D eigenvalue weighted by atomic mass is 35.5. The van der Waals surface area contributed by atoms with Crippen LogP contribution in [0.15, 0.2) is 60.7 Å². The summed E-state index contributed by atoms with van der Waals surface area (Å²) < 4.78 is 16.3. The van der Waals surface area contributed by atoms with Crippen molar-refractivity contribution in [1.29, 1.82) is 0 Å². The molecule has 0 saturated carbocycles. The second kappa shape index (κ2) is 8.28. The quantitative estimate of drug-likeness (QED) is 0.467. The van der Waals surface area contributed by atoms with Gasteiger partial charge in [-0.15, -0.1) is 0 Å². The number of carbonyl (C=O) groups is 1. The first kappa shape index (κ1) is 20.1. The topological polar surface area (TPSA) is 46.9 Å². The molecule has 3 aromatic carbocycles. The zero-order valence-corrected chi connectivity index (χ0v) is 17.5. The van der Waals surface area contributed by atoms with Crippen molar-refractivity contribution in [2.45, 2.75) is 26.9 Å². The molecule has 1 aromatic heterocycles. The maximum Gasteiger partial charge on any atom is 0.251 e. The van der Waals surface area contributed by atoms with E-state index in [2.05, 4.69) is 10.3 Å². The molecule has 4 nitrogen and oxygen atoms in total. The Morgan fingerprint density at radius 3 is 2.67 bits per heavy atom. The molecule has 0 aliphatic heterocycles. The molecule has 1 N–H and O–H groups in total. The van der Waals surface area contributed by atoms with Crippen LogP contribution in [0.4, 0.5) is 4.39 Å². The van der Waals surface area contributed by atoms with Gasteiger partial charge in [0.2, 0.25) is 0 Å². The Hall–Kier alpha value is -3.18. The van der Waals surface area contributed by atoms with Gasteiger partial charge in [-0.3, -0.25) is 4.79 Å². The van der Waals surface area contributed by atoms with E-state index in [4.69, 9.17) is 11.6 Å². The Labute approximate surface area is 179 Å². The van der Waals surface area contributed by atoms with E-state index in [1.54, 1.807) is 12.1 Å². The van der Waals surface area contributed by atoms with Gasteiger partial charge >= 0.3 is 0 Å². The lowest BCUT2D eigenvalue weighted by Gasteiger charge is -2.13. The lowest BCUT2D eigenvalue weighted by molar-refractivity contribution is 0.0949. The standard InChI is InChI=1S/C24H21ClFN3O/c1-15-10-11-17(16(2)12-15)24(30)27-13-23-28-21-8-3-4-9-22(21)29(23)14-18-19(25)6-5-7-20(18)26/h3-12H,13-14H2,1-2H3,(H,27,30). The van der Waals surface area contributed by atoms with Crippen LogP contribution in [0.2, 0.25) is 5.02 Å². The van der Waals surface area contributed by atoms with Crippen LogP contribution >= 0.6 is 11.6 Å². The summed E-state index contributed by atoms with van der Waals surface area (Å²) in [6.07, 6.45) is 0. The number of imidazole rings is 1. The number of halogens is 2. The summed E-state index contributed by atoms with van der Waals surface area (Å²) in [6.45, 7) is 4.34. The van der Waals surface area contributed by atoms with Gasteiger partial charge in [0.15, 0.2) is 0 Å². The van der Waals surface area contributed by atoms with Crippen molar-refractivity contribution in [2.75, 3.05) is 0 Å². The number of amides is 1. The maximum atomic E-state index is 14.4. The van der Waals surface area contributed by atoms with Gasteiger partial charge in [-0.1, -0.05) is 47.5 Å². The summed E-state index contributed by atoms with van der Waals surface area (Å²) in [5.74, 6) is 0.0919. The molecule has 0 unspecified atom stereocenters. The average Bonchev–Trinajstić information content (AvgIpc) is 3.06. The summed E-state index contributed by atoms with van der Waals surface area (Å²) in [6, 6.07) is 18.0. The Morgan fingerprint density at radius 1 is 1.10 bits per heavy atom. The minimum atomic E-state index is -0.370. The number of aryl methyl sites for hydroxylation is 2. The Bertz CT molecular complexity index is 1230. The minimum Gasteiger partial charge on any atom is -0.345 e. The van der Waals surface area contributed by atoms with Crippen LogP contribution in [-0.2, 0) is 13.1 Å². The van der Waals surface area contributed by atoms with Crippen LogP contribution in [0, 0.1) is 19.7 Å². The van der Waals surface area contributed by atoms with Crippen molar-refractivity contribution in [3.8, 4) is 0 Å². The lowest BCUT2D eigenvalue weighted by atomic mass is 10.1. The Balaban J connectivity index is 1.65. The van der Waals surface area contributed by atoms with Gasteiger partial charge < -0.3 is 9.88 Å². The van der Waals surface area contributed by atoms with Crippen molar-refractivity contribution >= 4 is 28.5 Å². The maximum absolute atomic E-state index is 14.4. The molecule has 1 amide bonds. The van der Waals surface area contributed by atoms with E-state index >= 15 is 0 Å². The molecule has 0 bridgehead atoms.